The van der Waals surface area contributed by atoms with Gasteiger partial charge in [-0.25, -0.2) is 13.4 Å². The van der Waals surface area contributed by atoms with Gasteiger partial charge in [-0.1, -0.05) is 23.7 Å². The maximum Gasteiger partial charge on any atom is 0.452 e. The van der Waals surface area contributed by atoms with Gasteiger partial charge in [-0.2, -0.15) is 17.5 Å². The first kappa shape index (κ1) is 29.7. The molecular weight excluding hydrogens is 635 g/mol. The highest BCUT2D eigenvalue weighted by atomic mass is 35.5. The van der Waals surface area contributed by atoms with E-state index in [1.807, 2.05) is 11.0 Å². The largest absolute Gasteiger partial charge is 0.481 e. The number of benzene rings is 1. The lowest BCUT2D eigenvalue weighted by Crippen LogP contribution is -2.61. The van der Waals surface area contributed by atoms with Crippen LogP contribution < -0.4 is 10.2 Å². The first-order valence-corrected chi connectivity index (χ1v) is 16.1. The van der Waals surface area contributed by atoms with Gasteiger partial charge in [0.1, 0.15) is 10.6 Å². The van der Waals surface area contributed by atoms with E-state index in [0.717, 1.165) is 17.2 Å². The van der Waals surface area contributed by atoms with Gasteiger partial charge in [0, 0.05) is 37.1 Å². The van der Waals surface area contributed by atoms with E-state index in [1.165, 1.54) is 28.8 Å². The summed E-state index contributed by atoms with van der Waals surface area (Å²) in [7, 11) is -4.05. The van der Waals surface area contributed by atoms with Crippen molar-refractivity contribution in [2.45, 2.75) is 61.8 Å². The number of rotatable bonds is 4. The summed E-state index contributed by atoms with van der Waals surface area (Å²) >= 11 is 6.22. The van der Waals surface area contributed by atoms with E-state index in [1.54, 1.807) is 19.1 Å². The van der Waals surface area contributed by atoms with Gasteiger partial charge < -0.3 is 15.3 Å². The molecule has 3 aliphatic heterocycles. The zero-order valence-electron chi connectivity index (χ0n) is 23.8. The maximum atomic E-state index is 14.1. The van der Waals surface area contributed by atoms with Crippen LogP contribution in [0.5, 0.6) is 0 Å². The Labute approximate surface area is 260 Å². The van der Waals surface area contributed by atoms with Gasteiger partial charge in [0.15, 0.2) is 11.5 Å². The Hall–Kier alpha value is -3.95. The van der Waals surface area contributed by atoms with Crippen molar-refractivity contribution >= 4 is 44.7 Å². The Bertz CT molecular complexity index is 1990. The molecule has 2 N–H and O–H groups in total. The summed E-state index contributed by atoms with van der Waals surface area (Å²) in [6.07, 6.45) is -0.0599. The third-order valence-electron chi connectivity index (χ3n) is 8.97. The molecule has 1 saturated heterocycles. The molecule has 45 heavy (non-hydrogen) atoms. The van der Waals surface area contributed by atoms with Crippen LogP contribution >= 0.6 is 11.6 Å². The van der Waals surface area contributed by atoms with Gasteiger partial charge >= 0.3 is 12.1 Å². The third-order valence-corrected chi connectivity index (χ3v) is 11.0. The molecule has 0 aliphatic carbocycles. The zero-order chi connectivity index (χ0) is 31.9. The van der Waals surface area contributed by atoms with Crippen LogP contribution in [0.2, 0.25) is 5.02 Å². The van der Waals surface area contributed by atoms with Crippen molar-refractivity contribution in [2.24, 2.45) is 0 Å². The number of anilines is 2. The minimum Gasteiger partial charge on any atom is -0.481 e. The van der Waals surface area contributed by atoms with Crippen molar-refractivity contribution in [3.63, 3.8) is 0 Å². The molecule has 1 spiro atoms. The summed E-state index contributed by atoms with van der Waals surface area (Å²) in [6, 6.07) is 8.24. The van der Waals surface area contributed by atoms with Crippen LogP contribution in [0.4, 0.5) is 24.7 Å². The van der Waals surface area contributed by atoms with Crippen LogP contribution in [0.3, 0.4) is 0 Å². The number of carboxylic acid groups (broad SMARTS) is 1. The monoisotopic (exact) mass is 661 g/mol. The van der Waals surface area contributed by atoms with Crippen molar-refractivity contribution in [3.8, 4) is 0 Å². The van der Waals surface area contributed by atoms with Gasteiger partial charge in [0.25, 0.3) is 0 Å². The molecule has 3 aromatic heterocycles. The van der Waals surface area contributed by atoms with Crippen LogP contribution in [0.25, 0.3) is 5.65 Å². The molecule has 1 unspecified atom stereocenters. The number of piperidine rings is 1. The fraction of sp³-hybridized carbons (Fsp3) is 0.379. The number of hydrogen-bond acceptors (Lipinski definition) is 8. The molecular formula is C29H27ClF3N7O4S. The number of aromatic nitrogens is 4. The number of alkyl halides is 3. The fourth-order valence-electron chi connectivity index (χ4n) is 6.92. The molecule has 3 aliphatic rings. The number of halogens is 4. The number of carbonyl (C=O) groups is 1. The summed E-state index contributed by atoms with van der Waals surface area (Å²) in [5.74, 6) is -2.71. The SMILES string of the molecule is Cc1c([C@@H](CC(=O)O)c2ccc3c(c2)CN2C[C@]4(CCCCN4c4ncc(Cl)cc4S2(=O)=O)N3)ccn2c(C(F)(F)F)nnc12. The smallest absolute Gasteiger partial charge is 0.452 e. The highest BCUT2D eigenvalue weighted by Crippen LogP contribution is 2.45. The summed E-state index contributed by atoms with van der Waals surface area (Å²) in [4.78, 5) is 18.6. The fourth-order valence-corrected chi connectivity index (χ4v) is 8.78. The van der Waals surface area contributed by atoms with Crippen molar-refractivity contribution in [2.75, 3.05) is 23.3 Å². The first-order chi connectivity index (χ1) is 21.3. The molecule has 7 rings (SSSR count). The van der Waals surface area contributed by atoms with Crippen molar-refractivity contribution in [1.29, 1.82) is 0 Å². The summed E-state index contributed by atoms with van der Waals surface area (Å²) in [5, 5.41) is 20.8. The number of nitrogens with one attached hydrogen (secondary N) is 1. The molecule has 3 atom stereocenters. The van der Waals surface area contributed by atoms with Crippen LogP contribution in [-0.2, 0) is 27.5 Å². The van der Waals surface area contributed by atoms with E-state index >= 15 is 0 Å². The summed E-state index contributed by atoms with van der Waals surface area (Å²) < 4.78 is 70.9. The Morgan fingerprint density at radius 2 is 2.00 bits per heavy atom. The molecule has 11 nitrogen and oxygen atoms in total. The number of carboxylic acids is 1. The average molecular weight is 662 g/mol. The number of nitrogens with zero attached hydrogens (tertiary/aromatic N) is 6. The van der Waals surface area contributed by atoms with Gasteiger partial charge in [-0.3, -0.25) is 9.20 Å². The summed E-state index contributed by atoms with van der Waals surface area (Å²) in [6.45, 7) is 2.32. The van der Waals surface area contributed by atoms with E-state index in [0.29, 0.717) is 46.7 Å². The van der Waals surface area contributed by atoms with E-state index in [2.05, 4.69) is 20.5 Å². The molecule has 1 fully saturated rings. The number of pyridine rings is 2. The van der Waals surface area contributed by atoms with Crippen molar-refractivity contribution in [3.05, 3.63) is 75.8 Å². The molecule has 16 heteroatoms. The third kappa shape index (κ3) is 4.79. The van der Waals surface area contributed by atoms with Crippen LogP contribution in [0, 0.1) is 6.92 Å². The van der Waals surface area contributed by atoms with Gasteiger partial charge in [-0.15, -0.1) is 10.2 Å². The first-order valence-electron chi connectivity index (χ1n) is 14.3. The Morgan fingerprint density at radius 3 is 2.76 bits per heavy atom. The normalized spacial score (nSPS) is 22.8. The lowest BCUT2D eigenvalue weighted by atomic mass is 9.85. The Balaban J connectivity index is 1.35. The van der Waals surface area contributed by atoms with Crippen LogP contribution in [0.1, 0.15) is 59.7 Å². The van der Waals surface area contributed by atoms with E-state index in [-0.39, 0.29) is 35.1 Å². The van der Waals surface area contributed by atoms with Crippen LogP contribution in [-0.4, -0.2) is 62.1 Å². The highest BCUT2D eigenvalue weighted by Gasteiger charge is 2.50. The summed E-state index contributed by atoms with van der Waals surface area (Å²) in [5.41, 5.74) is 1.92. The second-order valence-electron chi connectivity index (χ2n) is 11.7. The molecule has 2 bridgehead atoms. The molecule has 0 amide bonds. The molecule has 236 valence electrons. The van der Waals surface area contributed by atoms with E-state index < -0.39 is 39.6 Å². The minimum absolute atomic E-state index is 0.00300. The number of hydrogen-bond donors (Lipinski definition) is 2. The number of sulfonamides is 1. The van der Waals surface area contributed by atoms with Gasteiger partial charge in [0.05, 0.1) is 18.0 Å². The quantitative estimate of drug-likeness (QED) is 0.309. The average Bonchev–Trinajstić information content (AvgIpc) is 3.33. The van der Waals surface area contributed by atoms with Gasteiger partial charge in [0.2, 0.25) is 15.8 Å². The van der Waals surface area contributed by atoms with Crippen LogP contribution in [0.15, 0.2) is 47.6 Å². The topological polar surface area (TPSA) is 133 Å². The van der Waals surface area contributed by atoms with Crippen molar-refractivity contribution < 1.29 is 31.5 Å². The molecule has 1 aromatic carbocycles. The Morgan fingerprint density at radius 1 is 1.20 bits per heavy atom. The predicted molar refractivity (Wildman–Crippen MR) is 158 cm³/mol. The minimum atomic E-state index is -4.72. The second-order valence-corrected chi connectivity index (χ2v) is 14.0. The highest BCUT2D eigenvalue weighted by molar-refractivity contribution is 7.89. The second kappa shape index (κ2) is 10.3. The number of aryl methyl sites for hydroxylation is 1. The predicted octanol–water partition coefficient (Wildman–Crippen LogP) is 5.03. The van der Waals surface area contributed by atoms with Crippen molar-refractivity contribution in [1.82, 2.24) is 23.9 Å². The molecule has 0 saturated carbocycles. The van der Waals surface area contributed by atoms with E-state index in [4.69, 9.17) is 11.6 Å². The number of aliphatic carboxylic acids is 1. The maximum absolute atomic E-state index is 14.1. The lowest BCUT2D eigenvalue weighted by molar-refractivity contribution is -0.145. The van der Waals surface area contributed by atoms with Gasteiger partial charge in [-0.05, 0) is 66.6 Å². The lowest BCUT2D eigenvalue weighted by Gasteiger charge is -2.48. The zero-order valence-corrected chi connectivity index (χ0v) is 25.4. The number of fused-ring (bicyclic) bond motifs is 5. The molecule has 6 heterocycles. The molecule has 0 radical (unpaired) electrons. The standard InChI is InChI=1S/C29H27ClF3N7O4S/c1-16-20(6-9-39-25(16)36-37-27(39)29(31,32)33)21(12-24(41)42)17-4-5-22-18(10-17)14-38-15-28(35-22)7-2-3-8-40(28)26-23(45(38,43)44)11-19(30)13-34-26/h4-6,9-11,13,21,35H,2-3,7-8,12,14-15H2,1H3,(H,41,42)/t21-,28+/m0/s1. The Kier molecular flexibility index (Phi) is 6.80. The molecule has 4 aromatic rings. The van der Waals surface area contributed by atoms with E-state index in [9.17, 15) is 31.5 Å².